The zero-order valence-corrected chi connectivity index (χ0v) is 17.1. The number of para-hydroxylation sites is 2. The minimum Gasteiger partial charge on any atom is -0.495 e. The maximum atomic E-state index is 12.3. The van der Waals surface area contributed by atoms with Gasteiger partial charge in [-0.05, 0) is 35.7 Å². The molecule has 0 radical (unpaired) electrons. The Labute approximate surface area is 168 Å². The number of nitrogens with zero attached hydrogens (tertiary/aromatic N) is 2. The summed E-state index contributed by atoms with van der Waals surface area (Å²) in [4.78, 5) is 17.0. The number of methoxy groups -OCH3 is 1. The van der Waals surface area contributed by atoms with Gasteiger partial charge >= 0.3 is 0 Å². The Morgan fingerprint density at radius 3 is 2.36 bits per heavy atom. The van der Waals surface area contributed by atoms with E-state index in [0.717, 1.165) is 49.8 Å². The summed E-state index contributed by atoms with van der Waals surface area (Å²) < 4.78 is 5.47. The minimum atomic E-state index is 0.0736. The monoisotopic (exact) mass is 381 g/mol. The van der Waals surface area contributed by atoms with Crippen molar-refractivity contribution >= 4 is 17.3 Å². The van der Waals surface area contributed by atoms with Crippen LogP contribution in [0.1, 0.15) is 31.7 Å². The van der Waals surface area contributed by atoms with Gasteiger partial charge in [0, 0.05) is 44.8 Å². The summed E-state index contributed by atoms with van der Waals surface area (Å²) in [7, 11) is 1.71. The van der Waals surface area contributed by atoms with Gasteiger partial charge in [-0.3, -0.25) is 9.69 Å². The first-order valence-corrected chi connectivity index (χ1v) is 10.1. The van der Waals surface area contributed by atoms with Gasteiger partial charge in [0.15, 0.2) is 0 Å². The molecular weight excluding hydrogens is 350 g/mol. The van der Waals surface area contributed by atoms with Crippen molar-refractivity contribution in [3.8, 4) is 5.75 Å². The third-order valence-electron chi connectivity index (χ3n) is 5.31. The van der Waals surface area contributed by atoms with Gasteiger partial charge < -0.3 is 15.0 Å². The molecule has 150 valence electrons. The lowest BCUT2D eigenvalue weighted by molar-refractivity contribution is -0.116. The average molecular weight is 382 g/mol. The molecule has 0 aromatic heterocycles. The number of ether oxygens (including phenoxy) is 1. The van der Waals surface area contributed by atoms with Crippen LogP contribution in [-0.2, 0) is 4.79 Å². The predicted molar refractivity (Wildman–Crippen MR) is 115 cm³/mol. The topological polar surface area (TPSA) is 44.8 Å². The Morgan fingerprint density at radius 1 is 1.04 bits per heavy atom. The zero-order valence-electron chi connectivity index (χ0n) is 17.1. The number of nitrogens with one attached hydrogen (secondary N) is 1. The summed E-state index contributed by atoms with van der Waals surface area (Å²) >= 11 is 0. The first-order chi connectivity index (χ1) is 13.6. The SMILES string of the molecule is COc1ccccc1N1CCN(CCC(=O)Nc2ccc(C(C)C)cc2)CC1. The molecule has 0 unspecified atom stereocenters. The van der Waals surface area contributed by atoms with Crippen LogP contribution in [-0.4, -0.2) is 50.6 Å². The fraction of sp³-hybridized carbons (Fsp3) is 0.435. The highest BCUT2D eigenvalue weighted by atomic mass is 16.5. The summed E-state index contributed by atoms with van der Waals surface area (Å²) in [6, 6.07) is 16.3. The summed E-state index contributed by atoms with van der Waals surface area (Å²) in [5.41, 5.74) is 3.30. The standard InChI is InChI=1S/C23H31N3O2/c1-18(2)19-8-10-20(11-9-19)24-23(27)12-13-25-14-16-26(17-15-25)21-6-4-5-7-22(21)28-3/h4-11,18H,12-17H2,1-3H3,(H,24,27). The van der Waals surface area contributed by atoms with Gasteiger partial charge in [-0.25, -0.2) is 0 Å². The Kier molecular flexibility index (Phi) is 6.93. The van der Waals surface area contributed by atoms with Crippen LogP contribution < -0.4 is 15.0 Å². The summed E-state index contributed by atoms with van der Waals surface area (Å²) in [6.45, 7) is 8.91. The van der Waals surface area contributed by atoms with Crippen LogP contribution >= 0.6 is 0 Å². The fourth-order valence-corrected chi connectivity index (χ4v) is 3.54. The van der Waals surface area contributed by atoms with E-state index in [1.807, 2.05) is 30.3 Å². The molecule has 5 heteroatoms. The van der Waals surface area contributed by atoms with Crippen LogP contribution in [0.4, 0.5) is 11.4 Å². The number of carbonyl (C=O) groups is 1. The molecule has 0 atom stereocenters. The number of anilines is 2. The average Bonchev–Trinajstić information content (AvgIpc) is 2.73. The van der Waals surface area contributed by atoms with E-state index in [-0.39, 0.29) is 5.91 Å². The summed E-state index contributed by atoms with van der Waals surface area (Å²) in [6.07, 6.45) is 0.514. The van der Waals surface area contributed by atoms with Crippen LogP contribution in [0.15, 0.2) is 48.5 Å². The quantitative estimate of drug-likeness (QED) is 0.788. The highest BCUT2D eigenvalue weighted by molar-refractivity contribution is 5.90. The van der Waals surface area contributed by atoms with E-state index in [1.165, 1.54) is 5.56 Å². The third kappa shape index (κ3) is 5.26. The molecule has 2 aromatic carbocycles. The van der Waals surface area contributed by atoms with Crippen molar-refractivity contribution in [2.45, 2.75) is 26.2 Å². The number of rotatable bonds is 7. The zero-order chi connectivity index (χ0) is 19.9. The van der Waals surface area contributed by atoms with Crippen molar-refractivity contribution in [1.82, 2.24) is 4.90 Å². The van der Waals surface area contributed by atoms with Crippen molar-refractivity contribution in [3.63, 3.8) is 0 Å². The lowest BCUT2D eigenvalue weighted by Crippen LogP contribution is -2.47. The molecule has 1 fully saturated rings. The molecule has 2 aromatic rings. The Balaban J connectivity index is 1.43. The van der Waals surface area contributed by atoms with E-state index >= 15 is 0 Å². The van der Waals surface area contributed by atoms with Crippen molar-refractivity contribution < 1.29 is 9.53 Å². The molecule has 5 nitrogen and oxygen atoms in total. The van der Waals surface area contributed by atoms with Crippen molar-refractivity contribution in [3.05, 3.63) is 54.1 Å². The maximum Gasteiger partial charge on any atom is 0.225 e. The number of benzene rings is 2. The van der Waals surface area contributed by atoms with Gasteiger partial charge in [-0.1, -0.05) is 38.1 Å². The minimum absolute atomic E-state index is 0.0736. The van der Waals surface area contributed by atoms with Gasteiger partial charge in [-0.15, -0.1) is 0 Å². The maximum absolute atomic E-state index is 12.3. The van der Waals surface area contributed by atoms with Gasteiger partial charge in [0.25, 0.3) is 0 Å². The van der Waals surface area contributed by atoms with Gasteiger partial charge in [0.05, 0.1) is 12.8 Å². The van der Waals surface area contributed by atoms with Crippen molar-refractivity contribution in [2.75, 3.05) is 50.1 Å². The molecule has 1 N–H and O–H groups in total. The molecule has 0 saturated carbocycles. The van der Waals surface area contributed by atoms with Crippen LogP contribution in [0, 0.1) is 0 Å². The lowest BCUT2D eigenvalue weighted by Gasteiger charge is -2.36. The van der Waals surface area contributed by atoms with Crippen LogP contribution in [0.5, 0.6) is 5.75 Å². The van der Waals surface area contributed by atoms with Crippen LogP contribution in [0.2, 0.25) is 0 Å². The highest BCUT2D eigenvalue weighted by Crippen LogP contribution is 2.28. The van der Waals surface area contributed by atoms with E-state index in [1.54, 1.807) is 7.11 Å². The second kappa shape index (κ2) is 9.60. The van der Waals surface area contributed by atoms with Gasteiger partial charge in [-0.2, -0.15) is 0 Å². The molecule has 1 aliphatic heterocycles. The van der Waals surface area contributed by atoms with E-state index in [4.69, 9.17) is 4.74 Å². The van der Waals surface area contributed by atoms with Gasteiger partial charge in [0.2, 0.25) is 5.91 Å². The highest BCUT2D eigenvalue weighted by Gasteiger charge is 2.19. The molecule has 1 aliphatic rings. The number of hydrogen-bond donors (Lipinski definition) is 1. The number of piperazine rings is 1. The Hall–Kier alpha value is -2.53. The third-order valence-corrected chi connectivity index (χ3v) is 5.31. The molecule has 1 heterocycles. The molecule has 0 bridgehead atoms. The summed E-state index contributed by atoms with van der Waals surface area (Å²) in [5, 5.41) is 3.00. The normalized spacial score (nSPS) is 14.9. The molecular formula is C23H31N3O2. The molecule has 28 heavy (non-hydrogen) atoms. The van der Waals surface area contributed by atoms with E-state index in [9.17, 15) is 4.79 Å². The van der Waals surface area contributed by atoms with E-state index in [2.05, 4.69) is 47.2 Å². The molecule has 3 rings (SSSR count). The second-order valence-corrected chi connectivity index (χ2v) is 7.58. The lowest BCUT2D eigenvalue weighted by atomic mass is 10.0. The van der Waals surface area contributed by atoms with Crippen LogP contribution in [0.3, 0.4) is 0 Å². The smallest absolute Gasteiger partial charge is 0.225 e. The fourth-order valence-electron chi connectivity index (χ4n) is 3.54. The van der Waals surface area contributed by atoms with E-state index in [0.29, 0.717) is 12.3 Å². The van der Waals surface area contributed by atoms with Crippen molar-refractivity contribution in [2.24, 2.45) is 0 Å². The molecule has 0 aliphatic carbocycles. The number of hydrogen-bond acceptors (Lipinski definition) is 4. The Morgan fingerprint density at radius 2 is 1.71 bits per heavy atom. The first kappa shape index (κ1) is 20.2. The predicted octanol–water partition coefficient (Wildman–Crippen LogP) is 3.97. The van der Waals surface area contributed by atoms with Crippen molar-refractivity contribution in [1.29, 1.82) is 0 Å². The summed E-state index contributed by atoms with van der Waals surface area (Å²) in [5.74, 6) is 1.49. The van der Waals surface area contributed by atoms with E-state index < -0.39 is 0 Å². The Bertz CT molecular complexity index is 766. The number of amides is 1. The number of carbonyl (C=O) groups excluding carboxylic acids is 1. The molecule has 1 saturated heterocycles. The second-order valence-electron chi connectivity index (χ2n) is 7.58. The first-order valence-electron chi connectivity index (χ1n) is 10.1. The molecule has 1 amide bonds. The largest absolute Gasteiger partial charge is 0.495 e. The van der Waals surface area contributed by atoms with Gasteiger partial charge in [0.1, 0.15) is 5.75 Å². The molecule has 0 spiro atoms. The van der Waals surface area contributed by atoms with Crippen LogP contribution in [0.25, 0.3) is 0 Å².